The maximum atomic E-state index is 13.3. The highest BCUT2D eigenvalue weighted by atomic mass is 19.1. The SMILES string of the molecule is COc1cccc(CNC(=O)c2cc(F)c(N)c(F)c2)c1. The normalized spacial score (nSPS) is 10.2. The molecule has 0 bridgehead atoms. The molecule has 0 unspecified atom stereocenters. The zero-order chi connectivity index (χ0) is 15.4. The van der Waals surface area contributed by atoms with E-state index in [1.807, 2.05) is 0 Å². The summed E-state index contributed by atoms with van der Waals surface area (Å²) >= 11 is 0. The summed E-state index contributed by atoms with van der Waals surface area (Å²) in [7, 11) is 1.54. The lowest BCUT2D eigenvalue weighted by Gasteiger charge is -2.08. The highest BCUT2D eigenvalue weighted by Crippen LogP contribution is 2.17. The third kappa shape index (κ3) is 3.47. The molecule has 110 valence electrons. The van der Waals surface area contributed by atoms with Crippen molar-refractivity contribution in [2.24, 2.45) is 0 Å². The summed E-state index contributed by atoms with van der Waals surface area (Å²) in [5.41, 5.74) is 5.24. The molecule has 0 atom stereocenters. The number of rotatable bonds is 4. The minimum absolute atomic E-state index is 0.123. The maximum absolute atomic E-state index is 13.3. The topological polar surface area (TPSA) is 64.3 Å². The van der Waals surface area contributed by atoms with E-state index in [2.05, 4.69) is 5.32 Å². The Bertz CT molecular complexity index is 651. The summed E-state index contributed by atoms with van der Waals surface area (Å²) < 4.78 is 31.7. The van der Waals surface area contributed by atoms with Gasteiger partial charge in [-0.2, -0.15) is 0 Å². The molecule has 0 aromatic heterocycles. The first kappa shape index (κ1) is 14.8. The highest BCUT2D eigenvalue weighted by molar-refractivity contribution is 5.94. The molecule has 2 aromatic carbocycles. The van der Waals surface area contributed by atoms with Gasteiger partial charge in [-0.25, -0.2) is 8.78 Å². The fourth-order valence-corrected chi connectivity index (χ4v) is 1.78. The van der Waals surface area contributed by atoms with Crippen molar-refractivity contribution in [1.82, 2.24) is 5.32 Å². The number of halogens is 2. The smallest absolute Gasteiger partial charge is 0.251 e. The number of methoxy groups -OCH3 is 1. The van der Waals surface area contributed by atoms with Crippen LogP contribution in [0.25, 0.3) is 0 Å². The Balaban J connectivity index is 2.08. The molecule has 4 nitrogen and oxygen atoms in total. The van der Waals surface area contributed by atoms with E-state index in [9.17, 15) is 13.6 Å². The predicted molar refractivity (Wildman–Crippen MR) is 74.9 cm³/mol. The third-order valence-corrected chi connectivity index (χ3v) is 2.93. The predicted octanol–water partition coefficient (Wildman–Crippen LogP) is 2.49. The second-order valence-corrected chi connectivity index (χ2v) is 4.39. The van der Waals surface area contributed by atoms with Crippen molar-refractivity contribution in [2.45, 2.75) is 6.54 Å². The zero-order valence-corrected chi connectivity index (χ0v) is 11.3. The van der Waals surface area contributed by atoms with E-state index in [1.54, 1.807) is 24.3 Å². The minimum Gasteiger partial charge on any atom is -0.497 e. The minimum atomic E-state index is -0.957. The van der Waals surface area contributed by atoms with Gasteiger partial charge in [0.1, 0.15) is 23.1 Å². The molecule has 0 saturated heterocycles. The van der Waals surface area contributed by atoms with Crippen molar-refractivity contribution in [3.63, 3.8) is 0 Å². The van der Waals surface area contributed by atoms with Gasteiger partial charge >= 0.3 is 0 Å². The van der Waals surface area contributed by atoms with Crippen molar-refractivity contribution in [2.75, 3.05) is 12.8 Å². The third-order valence-electron chi connectivity index (χ3n) is 2.93. The van der Waals surface area contributed by atoms with Gasteiger partial charge in [0, 0.05) is 12.1 Å². The molecule has 0 aliphatic rings. The molecule has 21 heavy (non-hydrogen) atoms. The van der Waals surface area contributed by atoms with Crippen molar-refractivity contribution in [3.8, 4) is 5.75 Å². The van der Waals surface area contributed by atoms with E-state index in [0.29, 0.717) is 5.75 Å². The Kier molecular flexibility index (Phi) is 4.37. The number of ether oxygens (including phenoxy) is 1. The van der Waals surface area contributed by atoms with Crippen LogP contribution in [0.4, 0.5) is 14.5 Å². The molecule has 0 radical (unpaired) electrons. The Morgan fingerprint density at radius 3 is 2.52 bits per heavy atom. The number of nitrogens with two attached hydrogens (primary N) is 1. The van der Waals surface area contributed by atoms with Gasteiger partial charge < -0.3 is 15.8 Å². The molecule has 1 amide bonds. The number of anilines is 1. The lowest BCUT2D eigenvalue weighted by molar-refractivity contribution is 0.0950. The molecule has 0 fully saturated rings. The first-order valence-electron chi connectivity index (χ1n) is 6.17. The van der Waals surface area contributed by atoms with Gasteiger partial charge in [0.2, 0.25) is 0 Å². The van der Waals surface area contributed by atoms with Gasteiger partial charge in [-0.1, -0.05) is 12.1 Å². The van der Waals surface area contributed by atoms with E-state index < -0.39 is 23.2 Å². The molecule has 0 spiro atoms. The average molecular weight is 292 g/mol. The number of nitrogens with one attached hydrogen (secondary N) is 1. The van der Waals surface area contributed by atoms with Gasteiger partial charge in [-0.3, -0.25) is 4.79 Å². The van der Waals surface area contributed by atoms with Crippen molar-refractivity contribution in [1.29, 1.82) is 0 Å². The van der Waals surface area contributed by atoms with Crippen LogP contribution < -0.4 is 15.8 Å². The largest absolute Gasteiger partial charge is 0.497 e. The van der Waals surface area contributed by atoms with Crippen LogP contribution in [-0.2, 0) is 6.54 Å². The molecular weight excluding hydrogens is 278 g/mol. The molecule has 3 N–H and O–H groups in total. The summed E-state index contributed by atoms with van der Waals surface area (Å²) in [5, 5.41) is 2.57. The second-order valence-electron chi connectivity index (χ2n) is 4.39. The number of amides is 1. The Morgan fingerprint density at radius 1 is 1.24 bits per heavy atom. The van der Waals surface area contributed by atoms with Gasteiger partial charge in [-0.15, -0.1) is 0 Å². The van der Waals surface area contributed by atoms with Gasteiger partial charge in [0.25, 0.3) is 5.91 Å². The Morgan fingerprint density at radius 2 is 1.90 bits per heavy atom. The quantitative estimate of drug-likeness (QED) is 0.851. The van der Waals surface area contributed by atoms with Crippen LogP contribution in [0.1, 0.15) is 15.9 Å². The van der Waals surface area contributed by atoms with Crippen LogP contribution in [0.3, 0.4) is 0 Å². The molecular formula is C15H14F2N2O2. The van der Waals surface area contributed by atoms with E-state index in [4.69, 9.17) is 10.5 Å². The van der Waals surface area contributed by atoms with E-state index in [-0.39, 0.29) is 12.1 Å². The number of benzene rings is 2. The highest BCUT2D eigenvalue weighted by Gasteiger charge is 2.13. The standard InChI is InChI=1S/C15H14F2N2O2/c1-21-11-4-2-3-9(5-11)8-19-15(20)10-6-12(16)14(18)13(17)7-10/h2-7H,8,18H2,1H3,(H,19,20). The van der Waals surface area contributed by atoms with Crippen molar-refractivity contribution in [3.05, 3.63) is 59.2 Å². The molecule has 0 saturated carbocycles. The van der Waals surface area contributed by atoms with Crippen LogP contribution >= 0.6 is 0 Å². The van der Waals surface area contributed by atoms with Gasteiger partial charge in [-0.05, 0) is 29.8 Å². The van der Waals surface area contributed by atoms with Crippen molar-refractivity contribution >= 4 is 11.6 Å². The molecule has 2 rings (SSSR count). The molecule has 0 aliphatic heterocycles. The molecule has 0 heterocycles. The molecule has 0 aliphatic carbocycles. The monoisotopic (exact) mass is 292 g/mol. The number of hydrogen-bond acceptors (Lipinski definition) is 3. The Labute approximate surface area is 120 Å². The number of nitrogen functional groups attached to an aromatic ring is 1. The first-order valence-corrected chi connectivity index (χ1v) is 6.17. The molecule has 2 aromatic rings. The number of carbonyl (C=O) groups excluding carboxylic acids is 1. The average Bonchev–Trinajstić information content (AvgIpc) is 2.50. The van der Waals surface area contributed by atoms with E-state index in [1.165, 1.54) is 7.11 Å². The van der Waals surface area contributed by atoms with Crippen LogP contribution in [0, 0.1) is 11.6 Å². The summed E-state index contributed by atoms with van der Waals surface area (Å²) in [6, 6.07) is 8.91. The van der Waals surface area contributed by atoms with Crippen molar-refractivity contribution < 1.29 is 18.3 Å². The summed E-state index contributed by atoms with van der Waals surface area (Å²) in [4.78, 5) is 11.9. The fraction of sp³-hybridized carbons (Fsp3) is 0.133. The van der Waals surface area contributed by atoms with Crippen LogP contribution in [0.15, 0.2) is 36.4 Å². The summed E-state index contributed by atoms with van der Waals surface area (Å²) in [6.45, 7) is 0.212. The number of hydrogen-bond donors (Lipinski definition) is 2. The van der Waals surface area contributed by atoms with E-state index in [0.717, 1.165) is 17.7 Å². The number of carbonyl (C=O) groups is 1. The van der Waals surface area contributed by atoms with Crippen LogP contribution in [0.5, 0.6) is 5.75 Å². The van der Waals surface area contributed by atoms with Crippen LogP contribution in [-0.4, -0.2) is 13.0 Å². The maximum Gasteiger partial charge on any atom is 0.251 e. The van der Waals surface area contributed by atoms with Crippen LogP contribution in [0.2, 0.25) is 0 Å². The lowest BCUT2D eigenvalue weighted by Crippen LogP contribution is -2.23. The van der Waals surface area contributed by atoms with Gasteiger partial charge in [0.15, 0.2) is 0 Å². The van der Waals surface area contributed by atoms with Gasteiger partial charge in [0.05, 0.1) is 7.11 Å². The van der Waals surface area contributed by atoms with E-state index >= 15 is 0 Å². The molecule has 6 heteroatoms. The zero-order valence-electron chi connectivity index (χ0n) is 11.3. The Hall–Kier alpha value is -2.63. The lowest BCUT2D eigenvalue weighted by atomic mass is 10.1. The summed E-state index contributed by atoms with van der Waals surface area (Å²) in [5.74, 6) is -1.84. The fourth-order valence-electron chi connectivity index (χ4n) is 1.78. The second kappa shape index (κ2) is 6.21. The summed E-state index contributed by atoms with van der Waals surface area (Å²) in [6.07, 6.45) is 0. The first-order chi connectivity index (χ1) is 10.0.